The van der Waals surface area contributed by atoms with E-state index < -0.39 is 0 Å². The maximum Gasteiger partial charge on any atom is 0.268 e. The number of hydrogen-bond acceptors (Lipinski definition) is 4. The van der Waals surface area contributed by atoms with Crippen LogP contribution >= 0.6 is 43.2 Å². The Morgan fingerprint density at radius 3 is 2.83 bits per heavy atom. The van der Waals surface area contributed by atoms with Crippen molar-refractivity contribution in [3.05, 3.63) is 47.6 Å². The molecule has 2 heterocycles. The van der Waals surface area contributed by atoms with Crippen molar-refractivity contribution in [1.29, 1.82) is 0 Å². The number of hydrogen-bond donors (Lipinski definition) is 0. The van der Waals surface area contributed by atoms with Gasteiger partial charge in [0.1, 0.15) is 4.47 Å². The third-order valence-corrected chi connectivity index (χ3v) is 5.13. The van der Waals surface area contributed by atoms with Gasteiger partial charge in [0.15, 0.2) is 5.78 Å². The molecule has 0 radical (unpaired) electrons. The van der Waals surface area contributed by atoms with E-state index in [9.17, 15) is 9.59 Å². The quantitative estimate of drug-likeness (QED) is 0.755. The highest BCUT2D eigenvalue weighted by atomic mass is 79.9. The van der Waals surface area contributed by atoms with Crippen LogP contribution in [0.4, 0.5) is 0 Å². The molecule has 18 heavy (non-hydrogen) atoms. The SMILES string of the molecule is Cc1ncn(CC(=O)c2sccc2Br)c(=O)c1Br. The Balaban J connectivity index is 2.31. The Morgan fingerprint density at radius 1 is 1.50 bits per heavy atom. The maximum atomic E-state index is 12.0. The van der Waals surface area contributed by atoms with Crippen LogP contribution in [0.1, 0.15) is 15.4 Å². The third kappa shape index (κ3) is 2.62. The van der Waals surface area contributed by atoms with Crippen molar-refractivity contribution < 1.29 is 4.79 Å². The summed E-state index contributed by atoms with van der Waals surface area (Å²) in [7, 11) is 0. The van der Waals surface area contributed by atoms with E-state index in [0.29, 0.717) is 15.0 Å². The van der Waals surface area contributed by atoms with Gasteiger partial charge in [0.25, 0.3) is 5.56 Å². The lowest BCUT2D eigenvalue weighted by molar-refractivity contribution is 0.0973. The minimum atomic E-state index is -0.247. The van der Waals surface area contributed by atoms with Gasteiger partial charge in [-0.1, -0.05) is 0 Å². The largest absolute Gasteiger partial charge is 0.291 e. The van der Waals surface area contributed by atoms with Crippen LogP contribution in [0.25, 0.3) is 0 Å². The second-order valence-electron chi connectivity index (χ2n) is 3.60. The van der Waals surface area contributed by atoms with Gasteiger partial charge in [0, 0.05) is 4.47 Å². The van der Waals surface area contributed by atoms with Crippen molar-refractivity contribution in [2.24, 2.45) is 0 Å². The molecule has 0 aliphatic carbocycles. The average molecular weight is 392 g/mol. The molecular formula is C11H8Br2N2O2S. The Labute approximate surface area is 124 Å². The Morgan fingerprint density at radius 2 is 2.22 bits per heavy atom. The van der Waals surface area contributed by atoms with E-state index in [1.807, 2.05) is 11.4 Å². The van der Waals surface area contributed by atoms with Gasteiger partial charge in [-0.2, -0.15) is 0 Å². The molecule has 0 atom stereocenters. The first-order chi connectivity index (χ1) is 8.50. The number of halogens is 2. The number of carbonyl (C=O) groups is 1. The normalized spacial score (nSPS) is 10.6. The first-order valence-corrected chi connectivity index (χ1v) is 7.45. The van der Waals surface area contributed by atoms with Gasteiger partial charge < -0.3 is 0 Å². The van der Waals surface area contributed by atoms with Crippen LogP contribution in [0.2, 0.25) is 0 Å². The molecule has 4 nitrogen and oxygen atoms in total. The van der Waals surface area contributed by atoms with Crippen molar-refractivity contribution in [3.8, 4) is 0 Å². The Bertz CT molecular complexity index is 663. The van der Waals surface area contributed by atoms with Gasteiger partial charge in [-0.3, -0.25) is 14.2 Å². The number of nitrogens with zero attached hydrogens (tertiary/aromatic N) is 2. The lowest BCUT2D eigenvalue weighted by Gasteiger charge is -2.05. The first-order valence-electron chi connectivity index (χ1n) is 4.98. The van der Waals surface area contributed by atoms with E-state index >= 15 is 0 Å². The summed E-state index contributed by atoms with van der Waals surface area (Å²) in [5.41, 5.74) is 0.365. The predicted octanol–water partition coefficient (Wildman–Crippen LogP) is 3.02. The van der Waals surface area contributed by atoms with Crippen molar-refractivity contribution >= 4 is 49.0 Å². The smallest absolute Gasteiger partial charge is 0.268 e. The molecule has 0 spiro atoms. The van der Waals surface area contributed by atoms with E-state index in [4.69, 9.17) is 0 Å². The van der Waals surface area contributed by atoms with Crippen LogP contribution in [0.3, 0.4) is 0 Å². The summed E-state index contributed by atoms with van der Waals surface area (Å²) in [6.45, 7) is 1.72. The standard InChI is InChI=1S/C11H8Br2N2O2S/c1-6-9(13)11(17)15(5-14-6)4-8(16)10-7(12)2-3-18-10/h2-3,5H,4H2,1H3. The summed E-state index contributed by atoms with van der Waals surface area (Å²) >= 11 is 7.82. The maximum absolute atomic E-state index is 12.0. The molecule has 0 aliphatic heterocycles. The summed E-state index contributed by atoms with van der Waals surface area (Å²) < 4.78 is 2.44. The number of aryl methyl sites for hydroxylation is 1. The average Bonchev–Trinajstić information content (AvgIpc) is 2.76. The fraction of sp³-hybridized carbons (Fsp3) is 0.182. The van der Waals surface area contributed by atoms with Crippen molar-refractivity contribution in [1.82, 2.24) is 9.55 Å². The summed E-state index contributed by atoms with van der Waals surface area (Å²) in [6, 6.07) is 1.81. The van der Waals surface area contributed by atoms with Gasteiger partial charge in [0.2, 0.25) is 0 Å². The Kier molecular flexibility index (Phi) is 4.14. The summed E-state index contributed by atoms with van der Waals surface area (Å²) in [6.07, 6.45) is 1.39. The fourth-order valence-electron chi connectivity index (χ4n) is 1.38. The lowest BCUT2D eigenvalue weighted by Crippen LogP contribution is -2.25. The molecule has 94 valence electrons. The molecule has 0 saturated heterocycles. The highest BCUT2D eigenvalue weighted by Gasteiger charge is 2.14. The van der Waals surface area contributed by atoms with Crippen LogP contribution in [-0.4, -0.2) is 15.3 Å². The summed E-state index contributed by atoms with van der Waals surface area (Å²) in [5, 5.41) is 1.82. The topological polar surface area (TPSA) is 52.0 Å². The first kappa shape index (κ1) is 13.6. The number of ketones is 1. The molecule has 2 aromatic heterocycles. The number of carbonyl (C=O) groups excluding carboxylic acids is 1. The van der Waals surface area contributed by atoms with E-state index in [1.165, 1.54) is 22.2 Å². The van der Waals surface area contributed by atoms with Crippen LogP contribution in [-0.2, 0) is 6.54 Å². The molecule has 2 aromatic rings. The highest BCUT2D eigenvalue weighted by molar-refractivity contribution is 9.10. The predicted molar refractivity (Wildman–Crippen MR) is 77.3 cm³/mol. The van der Waals surface area contributed by atoms with Crippen molar-refractivity contribution in [3.63, 3.8) is 0 Å². The second-order valence-corrected chi connectivity index (χ2v) is 6.16. The molecule has 7 heteroatoms. The third-order valence-electron chi connectivity index (χ3n) is 2.34. The van der Waals surface area contributed by atoms with Gasteiger partial charge >= 0.3 is 0 Å². The molecular weight excluding hydrogens is 384 g/mol. The molecule has 0 aliphatic rings. The van der Waals surface area contributed by atoms with E-state index in [1.54, 1.807) is 6.92 Å². The highest BCUT2D eigenvalue weighted by Crippen LogP contribution is 2.23. The van der Waals surface area contributed by atoms with E-state index in [-0.39, 0.29) is 17.9 Å². The van der Waals surface area contributed by atoms with Crippen LogP contribution in [0, 0.1) is 6.92 Å². The van der Waals surface area contributed by atoms with E-state index in [2.05, 4.69) is 36.8 Å². The molecule has 2 rings (SSSR count). The molecule has 0 aromatic carbocycles. The minimum Gasteiger partial charge on any atom is -0.291 e. The molecule has 0 bridgehead atoms. The zero-order valence-corrected chi connectivity index (χ0v) is 13.3. The fourth-order valence-corrected chi connectivity index (χ4v) is 3.23. The summed E-state index contributed by atoms with van der Waals surface area (Å²) in [5.74, 6) is -0.114. The van der Waals surface area contributed by atoms with Gasteiger partial charge in [-0.15, -0.1) is 11.3 Å². The van der Waals surface area contributed by atoms with Crippen molar-refractivity contribution in [2.45, 2.75) is 13.5 Å². The zero-order valence-electron chi connectivity index (χ0n) is 9.31. The lowest BCUT2D eigenvalue weighted by atomic mass is 10.3. The van der Waals surface area contributed by atoms with Gasteiger partial charge in [-0.25, -0.2) is 4.98 Å². The van der Waals surface area contributed by atoms with Crippen LogP contribution < -0.4 is 5.56 Å². The number of Topliss-reactive ketones (excluding diaryl/α,β-unsaturated/α-hetero) is 1. The number of rotatable bonds is 3. The van der Waals surface area contributed by atoms with Crippen molar-refractivity contribution in [2.75, 3.05) is 0 Å². The zero-order chi connectivity index (χ0) is 13.3. The monoisotopic (exact) mass is 390 g/mol. The molecule has 0 amide bonds. The molecule has 0 fully saturated rings. The number of aromatic nitrogens is 2. The van der Waals surface area contributed by atoms with E-state index in [0.717, 1.165) is 4.47 Å². The molecule has 0 saturated carbocycles. The second kappa shape index (κ2) is 5.46. The molecule has 0 N–H and O–H groups in total. The van der Waals surface area contributed by atoms with Crippen LogP contribution in [0.15, 0.2) is 31.5 Å². The Hall–Kier alpha value is -0.790. The molecule has 0 unspecified atom stereocenters. The van der Waals surface area contributed by atoms with Crippen LogP contribution in [0.5, 0.6) is 0 Å². The summed E-state index contributed by atoms with van der Waals surface area (Å²) in [4.78, 5) is 28.6. The number of thiophene rings is 1. The minimum absolute atomic E-state index is 0.0101. The van der Waals surface area contributed by atoms with Gasteiger partial charge in [-0.05, 0) is 50.2 Å². The van der Waals surface area contributed by atoms with Gasteiger partial charge in [0.05, 0.1) is 23.4 Å².